The summed E-state index contributed by atoms with van der Waals surface area (Å²) < 4.78 is 6.82. The molecule has 0 aliphatic carbocycles. The summed E-state index contributed by atoms with van der Waals surface area (Å²) in [5, 5.41) is 2.29. The first-order valence-electron chi connectivity index (χ1n) is 17.8. The van der Waals surface area contributed by atoms with E-state index in [9.17, 15) is 0 Å². The van der Waals surface area contributed by atoms with Crippen molar-refractivity contribution in [2.75, 3.05) is 4.90 Å². The van der Waals surface area contributed by atoms with Crippen LogP contribution in [-0.2, 0) is 21.1 Å². The number of hydrogen-bond donors (Lipinski definition) is 0. The number of benzene rings is 6. The third-order valence-electron chi connectivity index (χ3n) is 10.0. The third-order valence-corrected chi connectivity index (χ3v) is 10.0. The van der Waals surface area contributed by atoms with Crippen molar-refractivity contribution in [2.24, 2.45) is 0 Å². The molecule has 3 heterocycles. The zero-order valence-corrected chi connectivity index (χ0v) is 32.3. The molecule has 0 atom stereocenters. The fourth-order valence-corrected chi connectivity index (χ4v) is 7.58. The van der Waals surface area contributed by atoms with Gasteiger partial charge in [0.25, 0.3) is 0 Å². The quantitative estimate of drug-likeness (QED) is 0.149. The first-order valence-corrected chi connectivity index (χ1v) is 17.8. The molecule has 9 aromatic rings. The smallest absolute Gasteiger partial charge is 0.188 e. The van der Waals surface area contributed by atoms with Gasteiger partial charge in [-0.3, -0.25) is 0 Å². The molecule has 0 unspecified atom stereocenters. The van der Waals surface area contributed by atoms with Crippen molar-refractivity contribution in [3.05, 3.63) is 175 Å². The molecule has 3 aromatic heterocycles. The molecule has 0 amide bonds. The maximum atomic E-state index is 4.93. The maximum Gasteiger partial charge on any atom is 0.188 e. The van der Waals surface area contributed by atoms with Crippen LogP contribution < -0.4 is 4.90 Å². The summed E-state index contributed by atoms with van der Waals surface area (Å²) >= 11 is 0. The van der Waals surface area contributed by atoms with Gasteiger partial charge in [0.1, 0.15) is 5.82 Å². The second-order valence-corrected chi connectivity index (χ2v) is 13.7. The van der Waals surface area contributed by atoms with Crippen LogP contribution >= 0.6 is 0 Å². The molecule has 0 aliphatic rings. The van der Waals surface area contributed by atoms with E-state index in [-0.39, 0.29) is 21.1 Å². The van der Waals surface area contributed by atoms with Gasteiger partial charge in [0.05, 0.1) is 6.04 Å². The normalized spacial score (nSPS) is 11.4. The fourth-order valence-electron chi connectivity index (χ4n) is 7.58. The minimum atomic E-state index is 0. The minimum absolute atomic E-state index is 0. The zero-order chi connectivity index (χ0) is 35.3. The van der Waals surface area contributed by atoms with Crippen LogP contribution in [-0.4, -0.2) is 18.7 Å². The van der Waals surface area contributed by atoms with Crippen molar-refractivity contribution in [3.63, 3.8) is 0 Å². The fraction of sp³-hybridized carbons (Fsp3) is 0.106. The van der Waals surface area contributed by atoms with Crippen molar-refractivity contribution < 1.29 is 21.1 Å². The van der Waals surface area contributed by atoms with Crippen LogP contribution in [0.2, 0.25) is 0 Å². The summed E-state index contributed by atoms with van der Waals surface area (Å²) in [6.45, 7) is 8.80. The Morgan fingerprint density at radius 3 is 2.08 bits per heavy atom. The Morgan fingerprint density at radius 2 is 1.30 bits per heavy atom. The van der Waals surface area contributed by atoms with Crippen molar-refractivity contribution in [2.45, 2.75) is 33.7 Å². The summed E-state index contributed by atoms with van der Waals surface area (Å²) in [4.78, 5) is 7.24. The number of aromatic nitrogens is 4. The molecule has 0 radical (unpaired) electrons. The molecule has 0 aliphatic heterocycles. The van der Waals surface area contributed by atoms with E-state index in [0.717, 1.165) is 67.0 Å². The van der Waals surface area contributed by atoms with Gasteiger partial charge in [-0.25, -0.2) is 14.1 Å². The largest absolute Gasteiger partial charge is 0.357 e. The van der Waals surface area contributed by atoms with Crippen LogP contribution in [0, 0.1) is 26.0 Å². The summed E-state index contributed by atoms with van der Waals surface area (Å²) in [5.41, 5.74) is 13.0. The molecule has 9 rings (SSSR count). The van der Waals surface area contributed by atoms with Gasteiger partial charge in [-0.05, 0) is 85.7 Å². The van der Waals surface area contributed by atoms with Crippen molar-refractivity contribution in [1.82, 2.24) is 18.7 Å². The second-order valence-electron chi connectivity index (χ2n) is 13.7. The average molecular weight is 868 g/mol. The number of para-hydroxylation sites is 4. The Balaban J connectivity index is 0.00000400. The van der Waals surface area contributed by atoms with Crippen LogP contribution in [0.3, 0.4) is 0 Å². The molecule has 6 heteroatoms. The van der Waals surface area contributed by atoms with Crippen LogP contribution in [0.5, 0.6) is 0 Å². The number of hydrogen-bond acceptors (Lipinski definition) is 2. The second kappa shape index (κ2) is 14.0. The SMILES string of the molecule is Cc1cccc(C)c1N(c1[c-]c(-n2[cH+]n(C(C)C)c3ccccc32)ccc1)c1[c-]c2c(cc1)c1ccccc1n2-c1cc(-c2ccccc2)ccn1.[Pt]. The predicted molar refractivity (Wildman–Crippen MR) is 215 cm³/mol. The van der Waals surface area contributed by atoms with Crippen molar-refractivity contribution in [1.29, 1.82) is 0 Å². The summed E-state index contributed by atoms with van der Waals surface area (Å²) in [6.07, 6.45) is 4.10. The van der Waals surface area contributed by atoms with E-state index in [1.54, 1.807) is 0 Å². The molecule has 5 nitrogen and oxygen atoms in total. The van der Waals surface area contributed by atoms with Gasteiger partial charge in [0, 0.05) is 56.3 Å². The van der Waals surface area contributed by atoms with E-state index < -0.39 is 0 Å². The topological polar surface area (TPSA) is 30.9 Å². The van der Waals surface area contributed by atoms with E-state index in [1.165, 1.54) is 16.6 Å². The summed E-state index contributed by atoms with van der Waals surface area (Å²) in [6, 6.07) is 57.3. The molecule has 6 aromatic carbocycles. The van der Waals surface area contributed by atoms with E-state index in [2.05, 4.69) is 198 Å². The Bertz CT molecular complexity index is 2740. The van der Waals surface area contributed by atoms with Gasteiger partial charge in [0.2, 0.25) is 0 Å². The molecule has 0 spiro atoms. The average Bonchev–Trinajstić information content (AvgIpc) is 3.73. The number of nitrogens with zero attached hydrogens (tertiary/aromatic N) is 5. The van der Waals surface area contributed by atoms with Gasteiger partial charge in [-0.1, -0.05) is 89.7 Å². The summed E-state index contributed by atoms with van der Waals surface area (Å²) in [7, 11) is 0. The minimum Gasteiger partial charge on any atom is -0.357 e. The van der Waals surface area contributed by atoms with E-state index in [1.807, 2.05) is 12.3 Å². The number of rotatable bonds is 7. The zero-order valence-electron chi connectivity index (χ0n) is 30.1. The molecule has 0 N–H and O–H groups in total. The molecule has 53 heavy (non-hydrogen) atoms. The molecule has 0 saturated heterocycles. The van der Waals surface area contributed by atoms with E-state index in [4.69, 9.17) is 4.98 Å². The van der Waals surface area contributed by atoms with Crippen LogP contribution in [0.1, 0.15) is 31.0 Å². The van der Waals surface area contributed by atoms with Crippen molar-refractivity contribution >= 4 is 49.9 Å². The van der Waals surface area contributed by atoms with E-state index >= 15 is 0 Å². The Kier molecular flexibility index (Phi) is 9.06. The first kappa shape index (κ1) is 34.3. The number of aryl methyl sites for hydroxylation is 2. The van der Waals surface area contributed by atoms with E-state index in [0.29, 0.717) is 6.04 Å². The number of anilines is 3. The van der Waals surface area contributed by atoms with Crippen LogP contribution in [0.25, 0.3) is 55.5 Å². The summed E-state index contributed by atoms with van der Waals surface area (Å²) in [5.74, 6) is 0.853. The monoisotopic (exact) mass is 867 g/mol. The van der Waals surface area contributed by atoms with Crippen LogP contribution in [0.15, 0.2) is 152 Å². The molecular formula is C47H38N5Pt-. The van der Waals surface area contributed by atoms with Gasteiger partial charge < -0.3 is 9.47 Å². The Hall–Kier alpha value is -5.77. The standard InChI is InChI=1S/C47H38N5.Pt/c1-32(2)49-31-50(44-23-11-10-22-43(44)49)37-18-13-19-38(29-37)51(47-33(3)14-12-15-34(47)4)39-24-25-41-40-20-8-9-21-42(40)52(45(41)30-39)46-28-36(26-27-48-46)35-16-6-5-7-17-35;/h5-28,31-32H,1-4H3;/q-1;. The number of fused-ring (bicyclic) bond motifs is 4. The number of pyridine rings is 1. The molecular weight excluding hydrogens is 830 g/mol. The molecule has 0 fully saturated rings. The van der Waals surface area contributed by atoms with Gasteiger partial charge >= 0.3 is 0 Å². The Morgan fingerprint density at radius 1 is 0.623 bits per heavy atom. The molecule has 0 bridgehead atoms. The van der Waals surface area contributed by atoms with Crippen molar-refractivity contribution in [3.8, 4) is 22.6 Å². The maximum absolute atomic E-state index is 4.93. The third kappa shape index (κ3) is 5.96. The van der Waals surface area contributed by atoms with Gasteiger partial charge in [-0.15, -0.1) is 29.7 Å². The molecule has 0 saturated carbocycles. The predicted octanol–water partition coefficient (Wildman–Crippen LogP) is 12.1. The van der Waals surface area contributed by atoms with Gasteiger partial charge in [-0.2, -0.15) is 12.1 Å². The Labute approximate surface area is 324 Å². The first-order chi connectivity index (χ1) is 25.5. The number of imidazole rings is 1. The van der Waals surface area contributed by atoms with Gasteiger partial charge in [0.15, 0.2) is 17.4 Å². The van der Waals surface area contributed by atoms with Crippen LogP contribution in [0.4, 0.5) is 17.1 Å². The molecule has 262 valence electrons.